The monoisotopic (exact) mass is 436 g/mol. The Labute approximate surface area is 184 Å². The minimum absolute atomic E-state index is 0.295. The predicted molar refractivity (Wildman–Crippen MR) is 116 cm³/mol. The molecular formula is C22H24N6O4. The van der Waals surface area contributed by atoms with Gasteiger partial charge in [0.25, 0.3) is 5.91 Å². The number of amides is 1. The molecule has 1 N–H and O–H groups in total. The van der Waals surface area contributed by atoms with Crippen molar-refractivity contribution in [2.45, 2.75) is 32.9 Å². The number of aryl methyl sites for hydroxylation is 1. The van der Waals surface area contributed by atoms with E-state index in [9.17, 15) is 4.79 Å². The molecular weight excluding hydrogens is 412 g/mol. The molecule has 10 heteroatoms. The second kappa shape index (κ2) is 8.29. The molecule has 0 aliphatic rings. The Bertz CT molecular complexity index is 1280. The fraction of sp³-hybridized carbons (Fsp3) is 0.318. The van der Waals surface area contributed by atoms with E-state index >= 15 is 0 Å². The van der Waals surface area contributed by atoms with E-state index in [1.807, 2.05) is 18.2 Å². The number of pyridine rings is 1. The van der Waals surface area contributed by atoms with E-state index in [0.717, 1.165) is 10.9 Å². The molecule has 0 atom stereocenters. The first kappa shape index (κ1) is 21.3. The van der Waals surface area contributed by atoms with Gasteiger partial charge in [0.05, 0.1) is 38.1 Å². The highest BCUT2D eigenvalue weighted by molar-refractivity contribution is 5.97. The second-order valence-corrected chi connectivity index (χ2v) is 7.83. The summed E-state index contributed by atoms with van der Waals surface area (Å²) in [6.45, 7) is 5.77. The van der Waals surface area contributed by atoms with Gasteiger partial charge in [-0.1, -0.05) is 5.16 Å². The van der Waals surface area contributed by atoms with Crippen LogP contribution in [0, 0.1) is 6.92 Å². The smallest absolute Gasteiger partial charge is 0.253 e. The minimum Gasteiger partial charge on any atom is -0.497 e. The molecule has 0 aliphatic carbocycles. The van der Waals surface area contributed by atoms with Crippen LogP contribution in [0.1, 0.15) is 41.5 Å². The number of fused-ring (bicyclic) bond motifs is 1. The van der Waals surface area contributed by atoms with Gasteiger partial charge in [-0.25, -0.2) is 9.67 Å². The number of nitrogens with zero attached hydrogens (tertiary/aromatic N) is 5. The zero-order valence-corrected chi connectivity index (χ0v) is 18.5. The molecule has 32 heavy (non-hydrogen) atoms. The van der Waals surface area contributed by atoms with Crippen molar-refractivity contribution in [2.75, 3.05) is 14.2 Å². The van der Waals surface area contributed by atoms with Crippen LogP contribution in [0.4, 0.5) is 0 Å². The van der Waals surface area contributed by atoms with E-state index < -0.39 is 5.54 Å². The van der Waals surface area contributed by atoms with Crippen LogP contribution >= 0.6 is 0 Å². The molecule has 1 amide bonds. The lowest BCUT2D eigenvalue weighted by atomic mass is 10.0. The summed E-state index contributed by atoms with van der Waals surface area (Å²) < 4.78 is 17.5. The molecule has 0 saturated heterocycles. The molecule has 4 rings (SSSR count). The third-order valence-corrected chi connectivity index (χ3v) is 5.06. The van der Waals surface area contributed by atoms with Crippen molar-refractivity contribution in [3.8, 4) is 11.5 Å². The van der Waals surface area contributed by atoms with E-state index in [1.54, 1.807) is 51.9 Å². The summed E-state index contributed by atoms with van der Waals surface area (Å²) >= 11 is 0. The van der Waals surface area contributed by atoms with Crippen LogP contribution in [-0.4, -0.2) is 45.0 Å². The van der Waals surface area contributed by atoms with Gasteiger partial charge in [0.15, 0.2) is 11.5 Å². The van der Waals surface area contributed by atoms with Crippen molar-refractivity contribution in [1.82, 2.24) is 30.2 Å². The molecule has 0 fully saturated rings. The summed E-state index contributed by atoms with van der Waals surface area (Å²) in [6, 6.07) is 7.37. The van der Waals surface area contributed by atoms with Gasteiger partial charge in [-0.05, 0) is 32.0 Å². The average Bonchev–Trinajstić information content (AvgIpc) is 3.40. The minimum atomic E-state index is -0.807. The SMILES string of the molecule is COc1ccc(Cn2ncc3cc(C(=O)NC(C)(C)c4noc(C)n4)cnc32)c(OC)c1. The maximum Gasteiger partial charge on any atom is 0.253 e. The Hall–Kier alpha value is -3.95. The Kier molecular flexibility index (Phi) is 5.52. The molecule has 0 saturated carbocycles. The number of methoxy groups -OCH3 is 2. The van der Waals surface area contributed by atoms with E-state index in [0.29, 0.717) is 41.0 Å². The lowest BCUT2D eigenvalue weighted by Crippen LogP contribution is -2.41. The second-order valence-electron chi connectivity index (χ2n) is 7.83. The molecule has 0 radical (unpaired) electrons. The fourth-order valence-electron chi connectivity index (χ4n) is 3.32. The first-order chi connectivity index (χ1) is 15.3. The van der Waals surface area contributed by atoms with Crippen molar-refractivity contribution in [2.24, 2.45) is 0 Å². The summed E-state index contributed by atoms with van der Waals surface area (Å²) in [4.78, 5) is 21.5. The third kappa shape index (κ3) is 4.11. The summed E-state index contributed by atoms with van der Waals surface area (Å²) in [5.41, 5.74) is 1.19. The molecule has 1 aromatic carbocycles. The summed E-state index contributed by atoms with van der Waals surface area (Å²) in [5.74, 6) is 1.95. The maximum absolute atomic E-state index is 12.8. The van der Waals surface area contributed by atoms with Gasteiger partial charge in [0, 0.05) is 30.1 Å². The maximum atomic E-state index is 12.8. The normalized spacial score (nSPS) is 11.5. The van der Waals surface area contributed by atoms with Crippen LogP contribution in [0.5, 0.6) is 11.5 Å². The number of ether oxygens (including phenoxy) is 2. The Morgan fingerprint density at radius 1 is 1.19 bits per heavy atom. The first-order valence-corrected chi connectivity index (χ1v) is 9.96. The average molecular weight is 436 g/mol. The first-order valence-electron chi connectivity index (χ1n) is 9.96. The topological polar surface area (TPSA) is 117 Å². The Balaban J connectivity index is 1.56. The quantitative estimate of drug-likeness (QED) is 0.470. The highest BCUT2D eigenvalue weighted by Crippen LogP contribution is 2.26. The van der Waals surface area contributed by atoms with E-state index in [4.69, 9.17) is 14.0 Å². The van der Waals surface area contributed by atoms with Crippen molar-refractivity contribution in [3.05, 3.63) is 59.5 Å². The van der Waals surface area contributed by atoms with Crippen LogP contribution in [0.25, 0.3) is 11.0 Å². The Morgan fingerprint density at radius 3 is 2.69 bits per heavy atom. The zero-order chi connectivity index (χ0) is 22.9. The van der Waals surface area contributed by atoms with Gasteiger partial charge in [-0.2, -0.15) is 10.1 Å². The van der Waals surface area contributed by atoms with Crippen molar-refractivity contribution in [3.63, 3.8) is 0 Å². The lowest BCUT2D eigenvalue weighted by Gasteiger charge is -2.22. The standard InChI is InChI=1S/C22H24N6O4/c1-13-25-21(27-32-13)22(2,3)26-20(29)16-8-15-11-24-28(19(15)23-10-16)12-14-6-7-17(30-4)9-18(14)31-5/h6-11H,12H2,1-5H3,(H,26,29). The summed E-state index contributed by atoms with van der Waals surface area (Å²) in [6.07, 6.45) is 3.21. The number of hydrogen-bond acceptors (Lipinski definition) is 8. The van der Waals surface area contributed by atoms with Gasteiger partial charge in [-0.15, -0.1) is 0 Å². The molecule has 3 heterocycles. The fourth-order valence-corrected chi connectivity index (χ4v) is 3.32. The van der Waals surface area contributed by atoms with Crippen molar-refractivity contribution >= 4 is 16.9 Å². The molecule has 10 nitrogen and oxygen atoms in total. The van der Waals surface area contributed by atoms with Gasteiger partial charge >= 0.3 is 0 Å². The molecule has 0 aliphatic heterocycles. The number of carbonyl (C=O) groups is 1. The van der Waals surface area contributed by atoms with Crippen LogP contribution in [0.3, 0.4) is 0 Å². The van der Waals surface area contributed by atoms with Crippen molar-refractivity contribution < 1.29 is 18.8 Å². The van der Waals surface area contributed by atoms with Crippen LogP contribution in [0.15, 0.2) is 41.2 Å². The van der Waals surface area contributed by atoms with Crippen LogP contribution in [0.2, 0.25) is 0 Å². The highest BCUT2D eigenvalue weighted by Gasteiger charge is 2.29. The van der Waals surface area contributed by atoms with Gasteiger partial charge in [-0.3, -0.25) is 4.79 Å². The van der Waals surface area contributed by atoms with Gasteiger partial charge in [0.2, 0.25) is 5.89 Å². The molecule has 0 spiro atoms. The summed E-state index contributed by atoms with van der Waals surface area (Å²) in [7, 11) is 3.22. The molecule has 3 aromatic heterocycles. The van der Waals surface area contributed by atoms with Gasteiger partial charge < -0.3 is 19.3 Å². The number of carbonyl (C=O) groups excluding carboxylic acids is 1. The largest absolute Gasteiger partial charge is 0.497 e. The van der Waals surface area contributed by atoms with Gasteiger partial charge in [0.1, 0.15) is 11.5 Å². The van der Waals surface area contributed by atoms with Crippen LogP contribution in [-0.2, 0) is 12.1 Å². The zero-order valence-electron chi connectivity index (χ0n) is 18.5. The number of benzene rings is 1. The van der Waals surface area contributed by atoms with Crippen molar-refractivity contribution in [1.29, 1.82) is 0 Å². The number of rotatable bonds is 7. The molecule has 0 unspecified atom stereocenters. The molecule has 166 valence electrons. The number of hydrogen-bond donors (Lipinski definition) is 1. The summed E-state index contributed by atoms with van der Waals surface area (Å²) in [5, 5.41) is 12.0. The number of nitrogens with one attached hydrogen (secondary N) is 1. The van der Waals surface area contributed by atoms with Crippen LogP contribution < -0.4 is 14.8 Å². The number of aromatic nitrogens is 5. The predicted octanol–water partition coefficient (Wildman–Crippen LogP) is 2.85. The lowest BCUT2D eigenvalue weighted by molar-refractivity contribution is 0.0907. The Morgan fingerprint density at radius 2 is 2.00 bits per heavy atom. The van der Waals surface area contributed by atoms with E-state index in [-0.39, 0.29) is 5.91 Å². The molecule has 4 aromatic rings. The molecule has 0 bridgehead atoms. The third-order valence-electron chi connectivity index (χ3n) is 5.06. The van der Waals surface area contributed by atoms with E-state index in [2.05, 4.69) is 25.5 Å². The highest BCUT2D eigenvalue weighted by atomic mass is 16.5. The van der Waals surface area contributed by atoms with E-state index in [1.165, 1.54) is 6.20 Å².